The highest BCUT2D eigenvalue weighted by molar-refractivity contribution is 7.22. The number of carbonyl (C=O) groups is 1. The van der Waals surface area contributed by atoms with E-state index in [1.807, 2.05) is 12.1 Å². The summed E-state index contributed by atoms with van der Waals surface area (Å²) in [6, 6.07) is 13.1. The molecule has 0 saturated heterocycles. The summed E-state index contributed by atoms with van der Waals surface area (Å²) in [7, 11) is 0. The van der Waals surface area contributed by atoms with E-state index in [0.29, 0.717) is 16.2 Å². The van der Waals surface area contributed by atoms with Crippen LogP contribution in [0.1, 0.15) is 12.5 Å². The number of carbonyl (C=O) groups excluding carboxylic acids is 1. The molecule has 1 amide bonds. The predicted molar refractivity (Wildman–Crippen MR) is 98.1 cm³/mol. The van der Waals surface area contributed by atoms with Gasteiger partial charge in [0, 0.05) is 0 Å². The minimum absolute atomic E-state index is 0.119. The molecule has 0 atom stereocenters. The summed E-state index contributed by atoms with van der Waals surface area (Å²) >= 11 is 1.42. The Hall–Kier alpha value is -2.93. The molecule has 6 nitrogen and oxygen atoms in total. The highest BCUT2D eigenvalue weighted by atomic mass is 32.1. The first-order valence-corrected chi connectivity index (χ1v) is 8.73. The topological polar surface area (TPSA) is 77.1 Å². The van der Waals surface area contributed by atoms with Gasteiger partial charge in [-0.25, -0.2) is 9.78 Å². The van der Waals surface area contributed by atoms with E-state index in [9.17, 15) is 9.59 Å². The van der Waals surface area contributed by atoms with Gasteiger partial charge in [0.15, 0.2) is 10.7 Å². The molecule has 2 aromatic carbocycles. The quantitative estimate of drug-likeness (QED) is 0.610. The second-order valence-corrected chi connectivity index (χ2v) is 6.68. The third kappa shape index (κ3) is 2.94. The van der Waals surface area contributed by atoms with Gasteiger partial charge in [-0.3, -0.25) is 9.36 Å². The number of benzene rings is 2. The third-order valence-corrected chi connectivity index (χ3v) is 4.92. The van der Waals surface area contributed by atoms with Gasteiger partial charge >= 0.3 is 5.76 Å². The average Bonchev–Trinajstić information content (AvgIpc) is 3.14. The van der Waals surface area contributed by atoms with Gasteiger partial charge in [-0.15, -0.1) is 0 Å². The van der Waals surface area contributed by atoms with Gasteiger partial charge in [-0.05, 0) is 36.2 Å². The molecule has 0 fully saturated rings. The Labute approximate surface area is 146 Å². The molecule has 4 aromatic rings. The van der Waals surface area contributed by atoms with Gasteiger partial charge in [0.1, 0.15) is 6.54 Å². The number of thiazole rings is 1. The van der Waals surface area contributed by atoms with Gasteiger partial charge in [0.2, 0.25) is 5.91 Å². The standard InChI is InChI=1S/C18H15N3O3S/c1-2-11-7-8-12-15(9-11)25-17(19-12)20-16(22)10-21-13-5-3-4-6-14(13)24-18(21)23/h3-9H,2,10H2,1H3,(H,19,20,22). The van der Waals surface area contributed by atoms with Gasteiger partial charge < -0.3 is 9.73 Å². The summed E-state index contributed by atoms with van der Waals surface area (Å²) in [5.41, 5.74) is 3.14. The zero-order valence-electron chi connectivity index (χ0n) is 13.5. The highest BCUT2D eigenvalue weighted by Gasteiger charge is 2.14. The Bertz CT molecular complexity index is 1140. The van der Waals surface area contributed by atoms with Crippen LogP contribution in [0.3, 0.4) is 0 Å². The molecule has 1 N–H and O–H groups in total. The van der Waals surface area contributed by atoms with E-state index in [-0.39, 0.29) is 12.5 Å². The third-order valence-electron chi connectivity index (χ3n) is 3.98. The first-order chi connectivity index (χ1) is 12.1. The number of nitrogens with zero attached hydrogens (tertiary/aromatic N) is 2. The molecule has 0 spiro atoms. The van der Waals surface area contributed by atoms with Crippen molar-refractivity contribution >= 4 is 43.7 Å². The van der Waals surface area contributed by atoms with Crippen LogP contribution in [0.5, 0.6) is 0 Å². The summed E-state index contributed by atoms with van der Waals surface area (Å²) in [6.07, 6.45) is 0.950. The van der Waals surface area contributed by atoms with Crippen molar-refractivity contribution in [2.45, 2.75) is 19.9 Å². The first kappa shape index (κ1) is 15.6. The SMILES string of the molecule is CCc1ccc2nc(NC(=O)Cn3c(=O)oc4ccccc43)sc2c1. The van der Waals surface area contributed by atoms with Crippen LogP contribution in [-0.4, -0.2) is 15.5 Å². The zero-order chi connectivity index (χ0) is 17.4. The average molecular weight is 353 g/mol. The second kappa shape index (κ2) is 6.18. The first-order valence-electron chi connectivity index (χ1n) is 7.91. The molecule has 0 unspecified atom stereocenters. The monoisotopic (exact) mass is 353 g/mol. The van der Waals surface area contributed by atoms with Crippen LogP contribution in [0, 0.1) is 0 Å². The summed E-state index contributed by atoms with van der Waals surface area (Å²) in [4.78, 5) is 28.7. The van der Waals surface area contributed by atoms with Crippen molar-refractivity contribution in [1.82, 2.24) is 9.55 Å². The summed E-state index contributed by atoms with van der Waals surface area (Å²) < 4.78 is 7.48. The van der Waals surface area contributed by atoms with Crippen molar-refractivity contribution in [3.05, 3.63) is 58.6 Å². The lowest BCUT2D eigenvalue weighted by molar-refractivity contribution is -0.116. The molecule has 126 valence electrons. The molecular formula is C18H15N3O3S. The predicted octanol–water partition coefficient (Wildman–Crippen LogP) is 3.41. The van der Waals surface area contributed by atoms with Gasteiger partial charge in [0.25, 0.3) is 0 Å². The molecule has 25 heavy (non-hydrogen) atoms. The molecule has 2 heterocycles. The molecule has 0 bridgehead atoms. The van der Waals surface area contributed by atoms with Crippen molar-refractivity contribution in [2.24, 2.45) is 0 Å². The molecular weight excluding hydrogens is 338 g/mol. The van der Waals surface area contributed by atoms with Gasteiger partial charge in [0.05, 0.1) is 15.7 Å². The van der Waals surface area contributed by atoms with Crippen molar-refractivity contribution in [3.8, 4) is 0 Å². The zero-order valence-corrected chi connectivity index (χ0v) is 14.3. The lowest BCUT2D eigenvalue weighted by Crippen LogP contribution is -2.24. The molecule has 2 aromatic heterocycles. The van der Waals surface area contributed by atoms with Crippen LogP contribution < -0.4 is 11.1 Å². The van der Waals surface area contributed by atoms with Gasteiger partial charge in [-0.2, -0.15) is 0 Å². The smallest absolute Gasteiger partial charge is 0.408 e. The van der Waals surface area contributed by atoms with E-state index in [1.54, 1.807) is 24.3 Å². The van der Waals surface area contributed by atoms with E-state index in [1.165, 1.54) is 21.5 Å². The minimum Gasteiger partial charge on any atom is -0.408 e. The Kier molecular flexibility index (Phi) is 3.85. The van der Waals surface area contributed by atoms with Crippen molar-refractivity contribution in [2.75, 3.05) is 5.32 Å². The molecule has 4 rings (SSSR count). The number of fused-ring (bicyclic) bond motifs is 2. The van der Waals surface area contributed by atoms with E-state index >= 15 is 0 Å². The largest absolute Gasteiger partial charge is 0.420 e. The fourth-order valence-corrected chi connectivity index (χ4v) is 3.65. The summed E-state index contributed by atoms with van der Waals surface area (Å²) in [5, 5.41) is 3.29. The molecule has 0 aliphatic rings. The van der Waals surface area contributed by atoms with E-state index < -0.39 is 5.76 Å². The fourth-order valence-electron chi connectivity index (χ4n) is 2.71. The molecule has 0 radical (unpaired) electrons. The number of hydrogen-bond donors (Lipinski definition) is 1. The number of anilines is 1. The molecule has 0 aliphatic heterocycles. The van der Waals surface area contributed by atoms with Crippen molar-refractivity contribution in [3.63, 3.8) is 0 Å². The Balaban J connectivity index is 1.57. The minimum atomic E-state index is -0.548. The number of oxazole rings is 1. The van der Waals surface area contributed by atoms with Crippen LogP contribution in [0.15, 0.2) is 51.7 Å². The van der Waals surface area contributed by atoms with Crippen molar-refractivity contribution < 1.29 is 9.21 Å². The number of nitrogens with one attached hydrogen (secondary N) is 1. The molecule has 0 aliphatic carbocycles. The fraction of sp³-hybridized carbons (Fsp3) is 0.167. The van der Waals surface area contributed by atoms with E-state index in [2.05, 4.69) is 23.3 Å². The Morgan fingerprint density at radius 3 is 2.96 bits per heavy atom. The van der Waals surface area contributed by atoms with Crippen molar-refractivity contribution in [1.29, 1.82) is 0 Å². The number of amides is 1. The van der Waals surface area contributed by atoms with Crippen LogP contribution in [0.25, 0.3) is 21.3 Å². The van der Waals surface area contributed by atoms with Crippen LogP contribution >= 0.6 is 11.3 Å². The van der Waals surface area contributed by atoms with E-state index in [4.69, 9.17) is 4.42 Å². The maximum atomic E-state index is 12.3. The number of aryl methyl sites for hydroxylation is 1. The lowest BCUT2D eigenvalue weighted by atomic mass is 10.2. The summed E-state index contributed by atoms with van der Waals surface area (Å²) in [5.74, 6) is -0.864. The Morgan fingerprint density at radius 2 is 2.12 bits per heavy atom. The highest BCUT2D eigenvalue weighted by Crippen LogP contribution is 2.27. The Morgan fingerprint density at radius 1 is 1.28 bits per heavy atom. The number of para-hydroxylation sites is 2. The van der Waals surface area contributed by atoms with Crippen LogP contribution in [-0.2, 0) is 17.8 Å². The van der Waals surface area contributed by atoms with Crippen LogP contribution in [0.2, 0.25) is 0 Å². The summed E-state index contributed by atoms with van der Waals surface area (Å²) in [6.45, 7) is 1.98. The maximum absolute atomic E-state index is 12.3. The number of aromatic nitrogens is 2. The lowest BCUT2D eigenvalue weighted by Gasteiger charge is -2.02. The molecule has 0 saturated carbocycles. The maximum Gasteiger partial charge on any atom is 0.420 e. The number of hydrogen-bond acceptors (Lipinski definition) is 5. The van der Waals surface area contributed by atoms with Crippen LogP contribution in [0.4, 0.5) is 5.13 Å². The van der Waals surface area contributed by atoms with Gasteiger partial charge in [-0.1, -0.05) is 36.5 Å². The van der Waals surface area contributed by atoms with E-state index in [0.717, 1.165) is 16.6 Å². The second-order valence-electron chi connectivity index (χ2n) is 5.64. The number of rotatable bonds is 4. The molecule has 7 heteroatoms. The normalized spacial score (nSPS) is 11.2.